The highest BCUT2D eigenvalue weighted by molar-refractivity contribution is 7.89. The van der Waals surface area contributed by atoms with Gasteiger partial charge < -0.3 is 29.7 Å². The monoisotopic (exact) mass is 759 g/mol. The second-order valence-electron chi connectivity index (χ2n) is 14.4. The lowest BCUT2D eigenvalue weighted by molar-refractivity contribution is -0.133. The molecule has 2 aromatic carbocycles. The molecule has 0 radical (unpaired) electrons. The first-order chi connectivity index (χ1) is 24.9. The maximum Gasteiger partial charge on any atom is 0.255 e. The summed E-state index contributed by atoms with van der Waals surface area (Å²) in [4.78, 5) is 45.5. The Bertz CT molecular complexity index is 1750. The number of aryl methyl sites for hydroxylation is 1. The molecule has 13 nitrogen and oxygen atoms in total. The summed E-state index contributed by atoms with van der Waals surface area (Å²) in [6.45, 7) is 6.95. The first-order valence-corrected chi connectivity index (χ1v) is 20.1. The molecule has 15 heteroatoms. The third-order valence-electron chi connectivity index (χ3n) is 11.2. The van der Waals surface area contributed by atoms with Crippen LogP contribution in [0.25, 0.3) is 0 Å². The zero-order valence-electron chi connectivity index (χ0n) is 30.2. The molecule has 4 fully saturated rings. The van der Waals surface area contributed by atoms with E-state index in [2.05, 4.69) is 10.2 Å². The Morgan fingerprint density at radius 3 is 2.31 bits per heavy atom. The molecule has 52 heavy (non-hydrogen) atoms. The highest BCUT2D eigenvalue weighted by atomic mass is 35.5. The number of nitrogens with zero attached hydrogens (tertiary/aromatic N) is 4. The molecule has 2 N–H and O–H groups in total. The minimum absolute atomic E-state index is 0.0357. The number of rotatable bonds is 11. The van der Waals surface area contributed by atoms with E-state index in [9.17, 15) is 27.9 Å². The van der Waals surface area contributed by atoms with Crippen molar-refractivity contribution in [1.29, 1.82) is 0 Å². The van der Waals surface area contributed by atoms with E-state index in [1.165, 1.54) is 23.5 Å². The predicted molar refractivity (Wildman–Crippen MR) is 196 cm³/mol. The van der Waals surface area contributed by atoms with Gasteiger partial charge in [0.1, 0.15) is 0 Å². The van der Waals surface area contributed by atoms with Gasteiger partial charge in [-0.25, -0.2) is 8.42 Å². The van der Waals surface area contributed by atoms with Gasteiger partial charge in [-0.05, 0) is 75.6 Å². The van der Waals surface area contributed by atoms with Crippen molar-refractivity contribution in [3.8, 4) is 11.5 Å². The SMILES string of the molecule is COc1cc(S(=O)(=O)N2CCOCC2)cc(C(=O)NC2CC3CCC(C2)N3CCCN(C(=O)C2CCN(C(C)=O)CC2)c2ccc(C)c(Cl)c2)c1O. The standard InChI is InChI=1S/C37H50ClN5O8S/c1-24-5-6-30(21-33(24)38)43(37(47)26-9-13-40(14-10-26)25(2)44)12-4-11-42-28-7-8-29(42)20-27(19-28)39-36(46)32-22-31(23-34(50-3)35(32)45)52(48,49)41-15-17-51-18-16-41/h5-6,21-23,26-29,45H,4,7-20H2,1-3H3,(H,39,46). The molecule has 4 aliphatic rings. The number of morpholine rings is 1. The molecular formula is C37H50ClN5O8S. The second kappa shape index (κ2) is 16.3. The third kappa shape index (κ3) is 8.20. The van der Waals surface area contributed by atoms with Gasteiger partial charge >= 0.3 is 0 Å². The van der Waals surface area contributed by atoms with Crippen LogP contribution in [0.5, 0.6) is 11.5 Å². The Hall–Kier alpha value is -3.43. The van der Waals surface area contributed by atoms with Crippen molar-refractivity contribution in [3.63, 3.8) is 0 Å². The highest BCUT2D eigenvalue weighted by Gasteiger charge is 2.41. The summed E-state index contributed by atoms with van der Waals surface area (Å²) in [6, 6.07) is 8.55. The summed E-state index contributed by atoms with van der Waals surface area (Å²) < 4.78 is 38.7. The van der Waals surface area contributed by atoms with Crippen LogP contribution in [0.2, 0.25) is 5.02 Å². The van der Waals surface area contributed by atoms with Gasteiger partial charge in [-0.15, -0.1) is 0 Å². The molecule has 2 atom stereocenters. The number of amides is 3. The molecule has 2 bridgehead atoms. The summed E-state index contributed by atoms with van der Waals surface area (Å²) in [5.74, 6) is -1.10. The lowest BCUT2D eigenvalue weighted by Crippen LogP contribution is -2.51. The number of benzene rings is 2. The first kappa shape index (κ1) is 38.3. The molecule has 2 unspecified atom stereocenters. The van der Waals surface area contributed by atoms with Gasteiger partial charge in [0.15, 0.2) is 11.5 Å². The number of piperidine rings is 2. The third-order valence-corrected chi connectivity index (χ3v) is 13.4. The number of methoxy groups -OCH3 is 1. The topological polar surface area (TPSA) is 149 Å². The zero-order valence-corrected chi connectivity index (χ0v) is 31.8. The number of carbonyl (C=O) groups is 3. The number of hydrogen-bond donors (Lipinski definition) is 2. The summed E-state index contributed by atoms with van der Waals surface area (Å²) >= 11 is 6.50. The fourth-order valence-corrected chi connectivity index (χ4v) is 9.83. The fourth-order valence-electron chi connectivity index (χ4n) is 8.21. The van der Waals surface area contributed by atoms with E-state index in [4.69, 9.17) is 21.1 Å². The number of ether oxygens (including phenoxy) is 2. The van der Waals surface area contributed by atoms with Crippen molar-refractivity contribution in [3.05, 3.63) is 46.5 Å². The number of carbonyl (C=O) groups excluding carboxylic acids is 3. The molecule has 4 saturated heterocycles. The summed E-state index contributed by atoms with van der Waals surface area (Å²) in [5, 5.41) is 14.6. The highest BCUT2D eigenvalue weighted by Crippen LogP contribution is 2.38. The van der Waals surface area contributed by atoms with Gasteiger partial charge in [-0.3, -0.25) is 19.3 Å². The van der Waals surface area contributed by atoms with Crippen LogP contribution in [0.1, 0.15) is 67.8 Å². The van der Waals surface area contributed by atoms with Crippen molar-refractivity contribution in [1.82, 2.24) is 19.4 Å². The van der Waals surface area contributed by atoms with Crippen LogP contribution in [0.3, 0.4) is 0 Å². The van der Waals surface area contributed by atoms with Crippen LogP contribution in [-0.4, -0.2) is 123 Å². The number of aromatic hydroxyl groups is 1. The maximum atomic E-state index is 13.9. The number of halogens is 1. The van der Waals surface area contributed by atoms with Gasteiger partial charge in [0, 0.05) is 87.0 Å². The van der Waals surface area contributed by atoms with Gasteiger partial charge in [0.05, 0.1) is 30.8 Å². The lowest BCUT2D eigenvalue weighted by atomic mass is 9.94. The number of sulfonamides is 1. The van der Waals surface area contributed by atoms with Gasteiger partial charge in [-0.1, -0.05) is 17.7 Å². The van der Waals surface area contributed by atoms with Crippen molar-refractivity contribution < 1.29 is 37.4 Å². The Morgan fingerprint density at radius 2 is 1.69 bits per heavy atom. The number of hydrogen-bond acceptors (Lipinski definition) is 9. The number of anilines is 1. The minimum atomic E-state index is -3.94. The Balaban J connectivity index is 1.09. The van der Waals surface area contributed by atoms with Crippen molar-refractivity contribution in [2.75, 3.05) is 64.5 Å². The molecule has 2 aromatic rings. The molecule has 3 amide bonds. The van der Waals surface area contributed by atoms with E-state index in [1.807, 2.05) is 30.0 Å². The average molecular weight is 760 g/mol. The zero-order chi connectivity index (χ0) is 37.2. The number of phenols is 1. The van der Waals surface area contributed by atoms with Crippen LogP contribution in [0.4, 0.5) is 5.69 Å². The molecule has 6 rings (SSSR count). The summed E-state index contributed by atoms with van der Waals surface area (Å²) in [5.41, 5.74) is 1.58. The summed E-state index contributed by atoms with van der Waals surface area (Å²) in [6.07, 6.45) is 5.45. The Morgan fingerprint density at radius 1 is 1.02 bits per heavy atom. The van der Waals surface area contributed by atoms with Crippen LogP contribution >= 0.6 is 11.6 Å². The van der Waals surface area contributed by atoms with E-state index in [-0.39, 0.29) is 78.4 Å². The van der Waals surface area contributed by atoms with Crippen LogP contribution in [0.15, 0.2) is 35.2 Å². The molecule has 4 aliphatic heterocycles. The minimum Gasteiger partial charge on any atom is -0.504 e. The quantitative estimate of drug-likeness (QED) is 0.349. The molecule has 0 spiro atoms. The van der Waals surface area contributed by atoms with Crippen LogP contribution < -0.4 is 15.0 Å². The summed E-state index contributed by atoms with van der Waals surface area (Å²) in [7, 11) is -2.62. The van der Waals surface area contributed by atoms with Crippen LogP contribution in [0, 0.1) is 12.8 Å². The predicted octanol–water partition coefficient (Wildman–Crippen LogP) is 3.79. The fraction of sp³-hybridized carbons (Fsp3) is 0.595. The van der Waals surface area contributed by atoms with Crippen molar-refractivity contribution in [2.24, 2.45) is 5.92 Å². The Labute approximate surface area is 311 Å². The molecular weight excluding hydrogens is 710 g/mol. The first-order valence-electron chi connectivity index (χ1n) is 18.3. The molecule has 0 aliphatic carbocycles. The van der Waals surface area contributed by atoms with E-state index < -0.39 is 21.7 Å². The normalized spacial score (nSPS) is 23.0. The van der Waals surface area contributed by atoms with E-state index in [0.717, 1.165) is 49.9 Å². The second-order valence-corrected chi connectivity index (χ2v) is 16.7. The Kier molecular flexibility index (Phi) is 12.0. The number of fused-ring (bicyclic) bond motifs is 2. The molecule has 0 aromatic heterocycles. The molecule has 284 valence electrons. The van der Waals surface area contributed by atoms with E-state index in [0.29, 0.717) is 37.5 Å². The van der Waals surface area contributed by atoms with Gasteiger partial charge in [0.25, 0.3) is 5.91 Å². The maximum absolute atomic E-state index is 13.9. The number of likely N-dealkylation sites (tertiary alicyclic amines) is 1. The van der Waals surface area contributed by atoms with Crippen LogP contribution in [-0.2, 0) is 24.3 Å². The van der Waals surface area contributed by atoms with E-state index >= 15 is 0 Å². The molecule has 4 heterocycles. The lowest BCUT2D eigenvalue weighted by Gasteiger charge is -2.40. The number of phenolic OH excluding ortho intramolecular Hbond substituents is 1. The van der Waals surface area contributed by atoms with Gasteiger partial charge in [0.2, 0.25) is 21.8 Å². The van der Waals surface area contributed by atoms with E-state index in [1.54, 1.807) is 11.8 Å². The average Bonchev–Trinajstić information content (AvgIpc) is 3.37. The molecule has 0 saturated carbocycles. The number of nitrogens with one attached hydrogen (secondary N) is 1. The van der Waals surface area contributed by atoms with Crippen molar-refractivity contribution >= 4 is 45.0 Å². The largest absolute Gasteiger partial charge is 0.504 e. The van der Waals surface area contributed by atoms with Crippen molar-refractivity contribution in [2.45, 2.75) is 81.8 Å². The van der Waals surface area contributed by atoms with Gasteiger partial charge in [-0.2, -0.15) is 4.31 Å². The smallest absolute Gasteiger partial charge is 0.255 e.